The Kier molecular flexibility index (Phi) is 6.97. The predicted molar refractivity (Wildman–Crippen MR) is 87.3 cm³/mol. The van der Waals surface area contributed by atoms with Gasteiger partial charge in [-0.25, -0.2) is 0 Å². The van der Waals surface area contributed by atoms with Gasteiger partial charge in [-0.3, -0.25) is 4.79 Å². The van der Waals surface area contributed by atoms with E-state index in [9.17, 15) is 4.79 Å². The van der Waals surface area contributed by atoms with Crippen LogP contribution in [0.2, 0.25) is 0 Å². The molecule has 0 spiro atoms. The molecule has 0 radical (unpaired) electrons. The number of nitrogens with one attached hydrogen (secondary N) is 2. The number of piperidine rings is 1. The summed E-state index contributed by atoms with van der Waals surface area (Å²) in [6.45, 7) is 10.1. The van der Waals surface area contributed by atoms with Gasteiger partial charge in [0.1, 0.15) is 0 Å². The van der Waals surface area contributed by atoms with Gasteiger partial charge in [-0.05, 0) is 50.6 Å². The summed E-state index contributed by atoms with van der Waals surface area (Å²) in [6, 6.07) is 0.0641. The van der Waals surface area contributed by atoms with Gasteiger partial charge in [-0.15, -0.1) is 0 Å². The van der Waals surface area contributed by atoms with Crippen molar-refractivity contribution in [3.8, 4) is 0 Å². The van der Waals surface area contributed by atoms with Crippen molar-refractivity contribution < 1.29 is 4.79 Å². The Bertz CT molecular complexity index is 311. The van der Waals surface area contributed by atoms with E-state index < -0.39 is 0 Å². The maximum atomic E-state index is 12.1. The summed E-state index contributed by atoms with van der Waals surface area (Å²) in [6.07, 6.45) is 7.23. The van der Waals surface area contributed by atoms with Gasteiger partial charge in [-0.2, -0.15) is 0 Å². The highest BCUT2D eigenvalue weighted by Crippen LogP contribution is 2.19. The number of amides is 1. The quantitative estimate of drug-likeness (QED) is 0.755. The molecule has 2 aliphatic heterocycles. The fourth-order valence-corrected chi connectivity index (χ4v) is 3.67. The normalized spacial score (nSPS) is 27.2. The fraction of sp³-hybridized carbons (Fsp3) is 0.941. The molecule has 0 aromatic carbocycles. The van der Waals surface area contributed by atoms with Crippen molar-refractivity contribution >= 4 is 5.91 Å². The van der Waals surface area contributed by atoms with Crippen molar-refractivity contribution in [3.63, 3.8) is 0 Å². The molecule has 2 rings (SSSR count). The molecule has 122 valence electrons. The van der Waals surface area contributed by atoms with Crippen LogP contribution in [-0.2, 0) is 4.79 Å². The van der Waals surface area contributed by atoms with E-state index in [1.54, 1.807) is 0 Å². The summed E-state index contributed by atoms with van der Waals surface area (Å²) in [5.41, 5.74) is 0. The molecule has 2 saturated heterocycles. The summed E-state index contributed by atoms with van der Waals surface area (Å²) in [5.74, 6) is 1.68. The molecule has 0 saturated carbocycles. The van der Waals surface area contributed by atoms with Crippen LogP contribution in [0.1, 0.15) is 52.4 Å². The Morgan fingerprint density at radius 2 is 2.10 bits per heavy atom. The lowest BCUT2D eigenvalue weighted by Gasteiger charge is -2.35. The first-order valence-electron chi connectivity index (χ1n) is 8.96. The molecular weight excluding hydrogens is 262 g/mol. The van der Waals surface area contributed by atoms with Gasteiger partial charge in [0.2, 0.25) is 5.91 Å². The maximum Gasteiger partial charge on any atom is 0.237 e. The molecule has 2 unspecified atom stereocenters. The van der Waals surface area contributed by atoms with E-state index in [2.05, 4.69) is 29.4 Å². The molecule has 2 atom stereocenters. The van der Waals surface area contributed by atoms with E-state index in [-0.39, 0.29) is 11.9 Å². The van der Waals surface area contributed by atoms with Gasteiger partial charge in [0.05, 0.1) is 6.04 Å². The molecular formula is C17H33N3O. The molecule has 1 amide bonds. The monoisotopic (exact) mass is 295 g/mol. The summed E-state index contributed by atoms with van der Waals surface area (Å²) >= 11 is 0. The standard InChI is InChI=1S/C17H33N3O/c1-3-14(4-2)12-20-10-6-7-15(13-20)11-19-17(21)16-8-5-9-18-16/h14-16,18H,3-13H2,1-2H3,(H,19,21). The Balaban J connectivity index is 1.69. The highest BCUT2D eigenvalue weighted by atomic mass is 16.2. The zero-order valence-corrected chi connectivity index (χ0v) is 13.9. The van der Waals surface area contributed by atoms with Crippen LogP contribution in [0.5, 0.6) is 0 Å². The van der Waals surface area contributed by atoms with Crippen molar-refractivity contribution in [1.29, 1.82) is 0 Å². The minimum Gasteiger partial charge on any atom is -0.354 e. The van der Waals surface area contributed by atoms with Crippen molar-refractivity contribution in [2.45, 2.75) is 58.4 Å². The third-order valence-electron chi connectivity index (χ3n) is 5.22. The number of carbonyl (C=O) groups excluding carboxylic acids is 1. The largest absolute Gasteiger partial charge is 0.354 e. The minimum atomic E-state index is 0.0641. The van der Waals surface area contributed by atoms with Gasteiger partial charge >= 0.3 is 0 Å². The van der Waals surface area contributed by atoms with Gasteiger partial charge in [0.25, 0.3) is 0 Å². The highest BCUT2D eigenvalue weighted by molar-refractivity contribution is 5.81. The molecule has 2 heterocycles. The summed E-state index contributed by atoms with van der Waals surface area (Å²) in [7, 11) is 0. The van der Waals surface area contributed by atoms with Crippen LogP contribution in [0.15, 0.2) is 0 Å². The topological polar surface area (TPSA) is 44.4 Å². The second kappa shape index (κ2) is 8.74. The third-order valence-corrected chi connectivity index (χ3v) is 5.22. The van der Waals surface area contributed by atoms with Gasteiger partial charge < -0.3 is 15.5 Å². The number of carbonyl (C=O) groups is 1. The minimum absolute atomic E-state index is 0.0641. The number of rotatable bonds is 7. The van der Waals surface area contributed by atoms with E-state index in [1.807, 2.05) is 0 Å². The molecule has 4 heteroatoms. The smallest absolute Gasteiger partial charge is 0.237 e. The summed E-state index contributed by atoms with van der Waals surface area (Å²) in [4.78, 5) is 14.7. The third kappa shape index (κ3) is 5.26. The maximum absolute atomic E-state index is 12.1. The molecule has 4 nitrogen and oxygen atoms in total. The molecule has 0 bridgehead atoms. The van der Waals surface area contributed by atoms with Crippen LogP contribution in [-0.4, -0.2) is 49.6 Å². The van der Waals surface area contributed by atoms with E-state index >= 15 is 0 Å². The fourth-order valence-electron chi connectivity index (χ4n) is 3.67. The van der Waals surface area contributed by atoms with Crippen LogP contribution < -0.4 is 10.6 Å². The second-order valence-electron chi connectivity index (χ2n) is 6.84. The Morgan fingerprint density at radius 3 is 2.76 bits per heavy atom. The molecule has 2 fully saturated rings. The van der Waals surface area contributed by atoms with E-state index in [0.717, 1.165) is 38.4 Å². The van der Waals surface area contributed by atoms with Gasteiger partial charge in [-0.1, -0.05) is 26.7 Å². The van der Waals surface area contributed by atoms with E-state index in [0.29, 0.717) is 5.92 Å². The van der Waals surface area contributed by atoms with E-state index in [4.69, 9.17) is 0 Å². The first-order chi connectivity index (χ1) is 10.2. The highest BCUT2D eigenvalue weighted by Gasteiger charge is 2.25. The van der Waals surface area contributed by atoms with Crippen molar-refractivity contribution in [1.82, 2.24) is 15.5 Å². The summed E-state index contributed by atoms with van der Waals surface area (Å²) in [5, 5.41) is 6.44. The zero-order valence-electron chi connectivity index (χ0n) is 13.9. The SMILES string of the molecule is CCC(CC)CN1CCCC(CNC(=O)C2CCCN2)C1. The Hall–Kier alpha value is -0.610. The first kappa shape index (κ1) is 16.8. The van der Waals surface area contributed by atoms with Crippen LogP contribution >= 0.6 is 0 Å². The van der Waals surface area contributed by atoms with E-state index in [1.165, 1.54) is 38.8 Å². The van der Waals surface area contributed by atoms with Crippen LogP contribution in [0, 0.1) is 11.8 Å². The van der Waals surface area contributed by atoms with Crippen molar-refractivity contribution in [2.75, 3.05) is 32.7 Å². The predicted octanol–water partition coefficient (Wildman–Crippen LogP) is 2.00. The molecule has 0 aromatic heterocycles. The first-order valence-corrected chi connectivity index (χ1v) is 8.96. The molecule has 0 aromatic rings. The Morgan fingerprint density at radius 1 is 1.29 bits per heavy atom. The lowest BCUT2D eigenvalue weighted by atomic mass is 9.95. The number of hydrogen-bond donors (Lipinski definition) is 2. The number of nitrogens with zero attached hydrogens (tertiary/aromatic N) is 1. The molecule has 0 aliphatic carbocycles. The lowest BCUT2D eigenvalue weighted by Crippen LogP contribution is -2.46. The molecule has 2 aliphatic rings. The van der Waals surface area contributed by atoms with Gasteiger partial charge in [0, 0.05) is 19.6 Å². The Labute approximate surface area is 130 Å². The van der Waals surface area contributed by atoms with Crippen molar-refractivity contribution in [3.05, 3.63) is 0 Å². The van der Waals surface area contributed by atoms with Crippen LogP contribution in [0.4, 0.5) is 0 Å². The molecule has 2 N–H and O–H groups in total. The van der Waals surface area contributed by atoms with Crippen LogP contribution in [0.25, 0.3) is 0 Å². The summed E-state index contributed by atoms with van der Waals surface area (Å²) < 4.78 is 0. The average Bonchev–Trinajstić information content (AvgIpc) is 3.05. The van der Waals surface area contributed by atoms with Crippen LogP contribution in [0.3, 0.4) is 0 Å². The number of hydrogen-bond acceptors (Lipinski definition) is 3. The second-order valence-corrected chi connectivity index (χ2v) is 6.84. The van der Waals surface area contributed by atoms with Crippen molar-refractivity contribution in [2.24, 2.45) is 11.8 Å². The van der Waals surface area contributed by atoms with Gasteiger partial charge in [0.15, 0.2) is 0 Å². The number of likely N-dealkylation sites (tertiary alicyclic amines) is 1. The lowest BCUT2D eigenvalue weighted by molar-refractivity contribution is -0.123. The zero-order chi connectivity index (χ0) is 15.1. The average molecular weight is 295 g/mol. The molecule has 21 heavy (non-hydrogen) atoms.